The van der Waals surface area contributed by atoms with Crippen molar-refractivity contribution in [2.45, 2.75) is 25.3 Å². The third kappa shape index (κ3) is 5.87. The Balaban J connectivity index is 1.85. The van der Waals surface area contributed by atoms with Crippen LogP contribution in [0.5, 0.6) is 0 Å². The second-order valence-corrected chi connectivity index (χ2v) is 6.22. The number of hydrogen-bond acceptors (Lipinski definition) is 2. The predicted molar refractivity (Wildman–Crippen MR) is 93.9 cm³/mol. The smallest absolute Gasteiger partial charge is 0.220 e. The van der Waals surface area contributed by atoms with Gasteiger partial charge in [-0.05, 0) is 36.1 Å². The number of amides is 1. The van der Waals surface area contributed by atoms with Crippen molar-refractivity contribution in [3.05, 3.63) is 69.7 Å². The second kappa shape index (κ2) is 8.92. The maximum Gasteiger partial charge on any atom is 0.220 e. The summed E-state index contributed by atoms with van der Waals surface area (Å²) in [5.74, 6) is -0.106. The minimum absolute atomic E-state index is 0.0949. The van der Waals surface area contributed by atoms with Crippen LogP contribution in [0.4, 0.5) is 0 Å². The van der Waals surface area contributed by atoms with E-state index < -0.39 is 0 Å². The molecule has 0 aliphatic rings. The predicted octanol–water partition coefficient (Wildman–Crippen LogP) is 3.65. The molecule has 5 heteroatoms. The van der Waals surface area contributed by atoms with E-state index in [-0.39, 0.29) is 18.6 Å². The van der Waals surface area contributed by atoms with Crippen LogP contribution in [0.25, 0.3) is 0 Å². The van der Waals surface area contributed by atoms with Crippen molar-refractivity contribution in [3.63, 3.8) is 0 Å². The Morgan fingerprint density at radius 3 is 2.52 bits per heavy atom. The standard InChI is InChI=1S/C18H19Cl2NO2/c19-15-8-6-14(17(20)11-15)7-9-18(23)21-16(12-22)10-13-4-2-1-3-5-13/h1-6,8,11,16,22H,7,9-10,12H2,(H,21,23). The van der Waals surface area contributed by atoms with E-state index >= 15 is 0 Å². The highest BCUT2D eigenvalue weighted by atomic mass is 35.5. The number of aryl methyl sites for hydroxylation is 1. The van der Waals surface area contributed by atoms with Crippen LogP contribution < -0.4 is 5.32 Å². The molecule has 0 radical (unpaired) electrons. The van der Waals surface area contributed by atoms with E-state index in [9.17, 15) is 9.90 Å². The fraction of sp³-hybridized carbons (Fsp3) is 0.278. The molecule has 0 spiro atoms. The molecule has 0 fully saturated rings. The lowest BCUT2D eigenvalue weighted by Gasteiger charge is -2.16. The first-order chi connectivity index (χ1) is 11.1. The molecular formula is C18H19Cl2NO2. The van der Waals surface area contributed by atoms with Crippen LogP contribution in [-0.2, 0) is 17.6 Å². The Morgan fingerprint density at radius 2 is 1.87 bits per heavy atom. The maximum atomic E-state index is 12.1. The normalized spacial score (nSPS) is 12.0. The maximum absolute atomic E-state index is 12.1. The van der Waals surface area contributed by atoms with Crippen LogP contribution in [0.1, 0.15) is 17.5 Å². The highest BCUT2D eigenvalue weighted by Crippen LogP contribution is 2.22. The molecule has 1 atom stereocenters. The minimum Gasteiger partial charge on any atom is -0.394 e. The Hall–Kier alpha value is -1.55. The molecule has 0 heterocycles. The number of hydrogen-bond donors (Lipinski definition) is 2. The molecule has 3 nitrogen and oxygen atoms in total. The molecule has 0 saturated carbocycles. The van der Waals surface area contributed by atoms with Gasteiger partial charge in [0.05, 0.1) is 12.6 Å². The van der Waals surface area contributed by atoms with E-state index in [1.54, 1.807) is 12.1 Å². The first kappa shape index (κ1) is 17.8. The summed E-state index contributed by atoms with van der Waals surface area (Å²) in [6, 6.07) is 14.7. The summed E-state index contributed by atoms with van der Waals surface area (Å²) in [5, 5.41) is 13.4. The molecule has 0 aliphatic carbocycles. The zero-order valence-corrected chi connectivity index (χ0v) is 14.1. The SMILES string of the molecule is O=C(CCc1ccc(Cl)cc1Cl)NC(CO)Cc1ccccc1. The van der Waals surface area contributed by atoms with Crippen molar-refractivity contribution in [2.24, 2.45) is 0 Å². The lowest BCUT2D eigenvalue weighted by atomic mass is 10.1. The highest BCUT2D eigenvalue weighted by Gasteiger charge is 2.12. The van der Waals surface area contributed by atoms with Gasteiger partial charge in [0.15, 0.2) is 0 Å². The average molecular weight is 352 g/mol. The molecular weight excluding hydrogens is 333 g/mol. The van der Waals surface area contributed by atoms with Gasteiger partial charge in [-0.25, -0.2) is 0 Å². The van der Waals surface area contributed by atoms with Crippen LogP contribution in [-0.4, -0.2) is 23.7 Å². The third-order valence-electron chi connectivity index (χ3n) is 3.55. The molecule has 23 heavy (non-hydrogen) atoms. The van der Waals surface area contributed by atoms with Gasteiger partial charge in [-0.1, -0.05) is 59.6 Å². The number of aliphatic hydroxyl groups excluding tert-OH is 1. The molecule has 2 aromatic rings. The summed E-state index contributed by atoms with van der Waals surface area (Å²) < 4.78 is 0. The Labute approximate surface area is 146 Å². The van der Waals surface area contributed by atoms with E-state index in [2.05, 4.69) is 5.32 Å². The summed E-state index contributed by atoms with van der Waals surface area (Å²) in [6.45, 7) is -0.0949. The highest BCUT2D eigenvalue weighted by molar-refractivity contribution is 6.35. The molecule has 122 valence electrons. The Morgan fingerprint density at radius 1 is 1.13 bits per heavy atom. The number of carbonyl (C=O) groups excluding carboxylic acids is 1. The number of rotatable bonds is 7. The lowest BCUT2D eigenvalue weighted by molar-refractivity contribution is -0.122. The third-order valence-corrected chi connectivity index (χ3v) is 4.13. The van der Waals surface area contributed by atoms with Crippen molar-refractivity contribution in [1.29, 1.82) is 0 Å². The van der Waals surface area contributed by atoms with Crippen LogP contribution in [0.2, 0.25) is 10.0 Å². The summed E-state index contributed by atoms with van der Waals surface area (Å²) in [4.78, 5) is 12.1. The van der Waals surface area contributed by atoms with E-state index in [4.69, 9.17) is 23.2 Å². The van der Waals surface area contributed by atoms with E-state index in [0.717, 1.165) is 11.1 Å². The molecule has 0 aromatic heterocycles. The van der Waals surface area contributed by atoms with Gasteiger partial charge in [-0.3, -0.25) is 4.79 Å². The van der Waals surface area contributed by atoms with Gasteiger partial charge < -0.3 is 10.4 Å². The number of aliphatic hydroxyl groups is 1. The summed E-state index contributed by atoms with van der Waals surface area (Å²) >= 11 is 11.9. The van der Waals surface area contributed by atoms with E-state index in [1.165, 1.54) is 0 Å². The summed E-state index contributed by atoms with van der Waals surface area (Å²) in [5.41, 5.74) is 1.96. The number of benzene rings is 2. The molecule has 1 amide bonds. The zero-order valence-electron chi connectivity index (χ0n) is 12.6. The topological polar surface area (TPSA) is 49.3 Å². The van der Waals surface area contributed by atoms with Crippen LogP contribution >= 0.6 is 23.2 Å². The Bertz CT molecular complexity index is 647. The monoisotopic (exact) mass is 351 g/mol. The quantitative estimate of drug-likeness (QED) is 0.799. The Kier molecular flexibility index (Phi) is 6.90. The van der Waals surface area contributed by atoms with Gasteiger partial charge in [0.2, 0.25) is 5.91 Å². The lowest BCUT2D eigenvalue weighted by Crippen LogP contribution is -2.39. The number of nitrogens with one attached hydrogen (secondary N) is 1. The van der Waals surface area contributed by atoms with Crippen molar-refractivity contribution in [1.82, 2.24) is 5.32 Å². The van der Waals surface area contributed by atoms with E-state index in [1.807, 2.05) is 36.4 Å². The van der Waals surface area contributed by atoms with Crippen LogP contribution in [0, 0.1) is 0 Å². The molecule has 0 aliphatic heterocycles. The first-order valence-corrected chi connectivity index (χ1v) is 8.22. The van der Waals surface area contributed by atoms with Crippen molar-refractivity contribution in [3.8, 4) is 0 Å². The van der Waals surface area contributed by atoms with Gasteiger partial charge in [-0.15, -0.1) is 0 Å². The second-order valence-electron chi connectivity index (χ2n) is 5.37. The van der Waals surface area contributed by atoms with Gasteiger partial charge in [0.1, 0.15) is 0 Å². The first-order valence-electron chi connectivity index (χ1n) is 7.46. The average Bonchev–Trinajstić information content (AvgIpc) is 2.54. The zero-order chi connectivity index (χ0) is 16.7. The fourth-order valence-corrected chi connectivity index (χ4v) is 2.84. The van der Waals surface area contributed by atoms with E-state index in [0.29, 0.717) is 29.3 Å². The van der Waals surface area contributed by atoms with Gasteiger partial charge in [0, 0.05) is 16.5 Å². The van der Waals surface area contributed by atoms with Gasteiger partial charge >= 0.3 is 0 Å². The molecule has 0 saturated heterocycles. The van der Waals surface area contributed by atoms with Crippen LogP contribution in [0.3, 0.4) is 0 Å². The number of carbonyl (C=O) groups is 1. The summed E-state index contributed by atoms with van der Waals surface area (Å²) in [6.07, 6.45) is 1.45. The largest absolute Gasteiger partial charge is 0.394 e. The molecule has 2 aromatic carbocycles. The van der Waals surface area contributed by atoms with Crippen LogP contribution in [0.15, 0.2) is 48.5 Å². The molecule has 2 rings (SSSR count). The van der Waals surface area contributed by atoms with Crippen molar-refractivity contribution in [2.75, 3.05) is 6.61 Å². The fourth-order valence-electron chi connectivity index (χ4n) is 2.33. The molecule has 2 N–H and O–H groups in total. The van der Waals surface area contributed by atoms with Gasteiger partial charge in [-0.2, -0.15) is 0 Å². The minimum atomic E-state index is -0.286. The number of halogens is 2. The van der Waals surface area contributed by atoms with Gasteiger partial charge in [0.25, 0.3) is 0 Å². The van der Waals surface area contributed by atoms with Crippen molar-refractivity contribution < 1.29 is 9.90 Å². The van der Waals surface area contributed by atoms with Crippen molar-refractivity contribution >= 4 is 29.1 Å². The molecule has 0 bridgehead atoms. The molecule has 1 unspecified atom stereocenters. The summed E-state index contributed by atoms with van der Waals surface area (Å²) in [7, 11) is 0.